The van der Waals surface area contributed by atoms with Gasteiger partial charge in [-0.2, -0.15) is 0 Å². The highest BCUT2D eigenvalue weighted by atomic mass is 14.6. The predicted octanol–water partition coefficient (Wildman–Crippen LogP) is 8.90. The van der Waals surface area contributed by atoms with Gasteiger partial charge < -0.3 is 0 Å². The van der Waals surface area contributed by atoms with Crippen molar-refractivity contribution in [2.45, 2.75) is 0 Å². The fraction of sp³-hybridized carbons (Fsp3) is 0. The van der Waals surface area contributed by atoms with Crippen molar-refractivity contribution in [3.8, 4) is 44.5 Å². The maximum atomic E-state index is 4.52. The molecule has 0 spiro atoms. The van der Waals surface area contributed by atoms with Crippen molar-refractivity contribution in [2.24, 2.45) is 0 Å². The predicted molar refractivity (Wildman–Crippen MR) is 143 cm³/mol. The number of para-hydroxylation sites is 1. The standard InChI is InChI=1S/C33H23N/c1-3-10-24(11-4-1)29-15-9-16-30(33(29)27-12-5-2-6-13-27)26-20-18-25(19-21-26)28-22-23-34-32-17-8-7-14-31(28)32/h1-23H. The molecule has 0 fully saturated rings. The maximum absolute atomic E-state index is 4.52. The summed E-state index contributed by atoms with van der Waals surface area (Å²) >= 11 is 0. The Morgan fingerprint density at radius 3 is 1.56 bits per heavy atom. The van der Waals surface area contributed by atoms with Crippen LogP contribution in [-0.4, -0.2) is 4.98 Å². The van der Waals surface area contributed by atoms with Gasteiger partial charge in [0.05, 0.1) is 5.52 Å². The minimum atomic E-state index is 1.02. The number of hydrogen-bond donors (Lipinski definition) is 0. The second-order valence-corrected chi connectivity index (χ2v) is 8.41. The van der Waals surface area contributed by atoms with Crippen molar-refractivity contribution in [2.75, 3.05) is 0 Å². The van der Waals surface area contributed by atoms with Crippen LogP contribution >= 0.6 is 0 Å². The summed E-state index contributed by atoms with van der Waals surface area (Å²) in [5.74, 6) is 0. The lowest BCUT2D eigenvalue weighted by Gasteiger charge is -2.17. The Labute approximate surface area is 200 Å². The normalized spacial score (nSPS) is 10.9. The van der Waals surface area contributed by atoms with Crippen LogP contribution in [0.4, 0.5) is 0 Å². The Hall–Kier alpha value is -4.49. The van der Waals surface area contributed by atoms with Crippen LogP contribution in [-0.2, 0) is 0 Å². The van der Waals surface area contributed by atoms with E-state index in [9.17, 15) is 0 Å². The number of hydrogen-bond acceptors (Lipinski definition) is 1. The third-order valence-electron chi connectivity index (χ3n) is 6.37. The van der Waals surface area contributed by atoms with Crippen LogP contribution in [0.15, 0.2) is 140 Å². The van der Waals surface area contributed by atoms with E-state index >= 15 is 0 Å². The van der Waals surface area contributed by atoms with E-state index in [1.54, 1.807) is 0 Å². The third-order valence-corrected chi connectivity index (χ3v) is 6.37. The van der Waals surface area contributed by atoms with E-state index in [0.717, 1.165) is 5.52 Å². The zero-order valence-electron chi connectivity index (χ0n) is 18.7. The highest BCUT2D eigenvalue weighted by Crippen LogP contribution is 2.40. The van der Waals surface area contributed by atoms with Crippen LogP contribution in [0.25, 0.3) is 55.4 Å². The van der Waals surface area contributed by atoms with Crippen molar-refractivity contribution < 1.29 is 0 Å². The first-order chi connectivity index (χ1) is 16.9. The molecule has 0 bridgehead atoms. The van der Waals surface area contributed by atoms with Crippen molar-refractivity contribution in [3.05, 3.63) is 140 Å². The molecule has 0 saturated heterocycles. The van der Waals surface area contributed by atoms with Gasteiger partial charge in [-0.1, -0.05) is 121 Å². The van der Waals surface area contributed by atoms with Gasteiger partial charge in [-0.05, 0) is 56.6 Å². The number of nitrogens with zero attached hydrogens (tertiary/aromatic N) is 1. The zero-order chi connectivity index (χ0) is 22.7. The minimum Gasteiger partial charge on any atom is -0.256 e. The second kappa shape index (κ2) is 8.80. The summed E-state index contributed by atoms with van der Waals surface area (Å²) < 4.78 is 0. The van der Waals surface area contributed by atoms with E-state index in [2.05, 4.69) is 132 Å². The summed E-state index contributed by atoms with van der Waals surface area (Å²) in [6, 6.07) is 47.3. The Morgan fingerprint density at radius 1 is 0.353 bits per heavy atom. The molecule has 0 aliphatic rings. The topological polar surface area (TPSA) is 12.9 Å². The van der Waals surface area contributed by atoms with Gasteiger partial charge in [-0.15, -0.1) is 0 Å². The van der Waals surface area contributed by atoms with Gasteiger partial charge in [0.2, 0.25) is 0 Å². The van der Waals surface area contributed by atoms with Crippen LogP contribution < -0.4 is 0 Å². The number of benzene rings is 5. The maximum Gasteiger partial charge on any atom is 0.0708 e. The minimum absolute atomic E-state index is 1.02. The average Bonchev–Trinajstić information content (AvgIpc) is 2.93. The van der Waals surface area contributed by atoms with Gasteiger partial charge in [0.25, 0.3) is 0 Å². The lowest BCUT2D eigenvalue weighted by molar-refractivity contribution is 1.41. The molecule has 0 amide bonds. The molecular formula is C33H23N. The van der Waals surface area contributed by atoms with Gasteiger partial charge in [0.1, 0.15) is 0 Å². The number of rotatable bonds is 4. The molecule has 0 N–H and O–H groups in total. The van der Waals surface area contributed by atoms with E-state index in [4.69, 9.17) is 0 Å². The molecule has 0 unspecified atom stereocenters. The molecule has 1 nitrogen and oxygen atoms in total. The van der Waals surface area contributed by atoms with E-state index in [0.29, 0.717) is 0 Å². The molecule has 0 aliphatic carbocycles. The molecule has 1 heterocycles. The van der Waals surface area contributed by atoms with Crippen LogP contribution in [0, 0.1) is 0 Å². The highest BCUT2D eigenvalue weighted by molar-refractivity contribution is 5.96. The van der Waals surface area contributed by atoms with Gasteiger partial charge in [-0.25, -0.2) is 0 Å². The van der Waals surface area contributed by atoms with Crippen LogP contribution in [0.3, 0.4) is 0 Å². The van der Waals surface area contributed by atoms with Crippen molar-refractivity contribution >= 4 is 10.9 Å². The molecule has 6 aromatic rings. The summed E-state index contributed by atoms with van der Waals surface area (Å²) in [7, 11) is 0. The molecule has 1 heteroatoms. The first-order valence-corrected chi connectivity index (χ1v) is 11.6. The Morgan fingerprint density at radius 2 is 0.882 bits per heavy atom. The zero-order valence-corrected chi connectivity index (χ0v) is 18.7. The van der Waals surface area contributed by atoms with E-state index in [1.165, 1.54) is 49.9 Å². The summed E-state index contributed by atoms with van der Waals surface area (Å²) in [4.78, 5) is 4.52. The first kappa shape index (κ1) is 20.1. The van der Waals surface area contributed by atoms with Gasteiger partial charge in [0.15, 0.2) is 0 Å². The highest BCUT2D eigenvalue weighted by Gasteiger charge is 2.14. The van der Waals surface area contributed by atoms with E-state index < -0.39 is 0 Å². The number of aromatic nitrogens is 1. The molecule has 0 saturated carbocycles. The summed E-state index contributed by atoms with van der Waals surface area (Å²) in [6.07, 6.45) is 1.89. The van der Waals surface area contributed by atoms with Crippen molar-refractivity contribution in [3.63, 3.8) is 0 Å². The Bertz CT molecular complexity index is 1560. The van der Waals surface area contributed by atoms with Crippen LogP contribution in [0.2, 0.25) is 0 Å². The molecule has 0 aliphatic heterocycles. The first-order valence-electron chi connectivity index (χ1n) is 11.6. The molecule has 34 heavy (non-hydrogen) atoms. The lowest BCUT2D eigenvalue weighted by atomic mass is 9.87. The smallest absolute Gasteiger partial charge is 0.0708 e. The molecule has 0 atom stereocenters. The van der Waals surface area contributed by atoms with E-state index in [-0.39, 0.29) is 0 Å². The molecule has 5 aromatic carbocycles. The molecule has 160 valence electrons. The van der Waals surface area contributed by atoms with Crippen molar-refractivity contribution in [1.29, 1.82) is 0 Å². The molecule has 1 aromatic heterocycles. The second-order valence-electron chi connectivity index (χ2n) is 8.41. The fourth-order valence-corrected chi connectivity index (χ4v) is 4.74. The largest absolute Gasteiger partial charge is 0.256 e. The van der Waals surface area contributed by atoms with Crippen LogP contribution in [0.1, 0.15) is 0 Å². The van der Waals surface area contributed by atoms with Crippen LogP contribution in [0.5, 0.6) is 0 Å². The summed E-state index contributed by atoms with van der Waals surface area (Å²) in [5.41, 5.74) is 10.8. The number of fused-ring (bicyclic) bond motifs is 1. The molecule has 0 radical (unpaired) electrons. The van der Waals surface area contributed by atoms with Gasteiger partial charge in [0, 0.05) is 11.6 Å². The monoisotopic (exact) mass is 433 g/mol. The lowest BCUT2D eigenvalue weighted by Crippen LogP contribution is -1.91. The van der Waals surface area contributed by atoms with Gasteiger partial charge >= 0.3 is 0 Å². The average molecular weight is 434 g/mol. The summed E-state index contributed by atoms with van der Waals surface area (Å²) in [6.45, 7) is 0. The van der Waals surface area contributed by atoms with Gasteiger partial charge in [-0.3, -0.25) is 4.98 Å². The Balaban J connectivity index is 1.50. The summed E-state index contributed by atoms with van der Waals surface area (Å²) in [5, 5.41) is 1.17. The third kappa shape index (κ3) is 3.68. The van der Waals surface area contributed by atoms with Crippen molar-refractivity contribution in [1.82, 2.24) is 4.98 Å². The molecule has 6 rings (SSSR count). The molecular weight excluding hydrogens is 410 g/mol. The SMILES string of the molecule is c1ccc(-c2cccc(-c3ccc(-c4ccnc5ccccc45)cc3)c2-c2ccccc2)cc1. The fourth-order valence-electron chi connectivity index (χ4n) is 4.74. The number of pyridine rings is 1. The van der Waals surface area contributed by atoms with E-state index in [1.807, 2.05) is 12.3 Å². The Kier molecular flexibility index (Phi) is 5.21. The quantitative estimate of drug-likeness (QED) is 0.270.